The predicted molar refractivity (Wildman–Crippen MR) is 111 cm³/mol. The smallest absolute Gasteiger partial charge is 0.416 e. The third kappa shape index (κ3) is 6.06. The van der Waals surface area contributed by atoms with E-state index in [-0.39, 0.29) is 22.7 Å². The highest BCUT2D eigenvalue weighted by atomic mass is 19.4. The van der Waals surface area contributed by atoms with E-state index in [2.05, 4.69) is 21.2 Å². The van der Waals surface area contributed by atoms with Crippen LogP contribution in [0.1, 0.15) is 36.8 Å². The SMILES string of the molecule is CNC(=O)c1cc(Oc2ccc(C(=O)NNC(=O)c3cccc(C(F)(F)F)c3)cc2)ccn1. The quantitative estimate of drug-likeness (QED) is 0.508. The largest absolute Gasteiger partial charge is 0.457 e. The molecule has 0 aliphatic rings. The molecule has 0 unspecified atom stereocenters. The van der Waals surface area contributed by atoms with Crippen molar-refractivity contribution in [2.75, 3.05) is 7.05 Å². The maximum Gasteiger partial charge on any atom is 0.416 e. The lowest BCUT2D eigenvalue weighted by Crippen LogP contribution is -2.41. The molecule has 33 heavy (non-hydrogen) atoms. The van der Waals surface area contributed by atoms with Crippen molar-refractivity contribution in [2.45, 2.75) is 6.18 Å². The molecule has 170 valence electrons. The number of rotatable bonds is 5. The minimum absolute atomic E-state index is 0.160. The van der Waals surface area contributed by atoms with Crippen LogP contribution < -0.4 is 20.9 Å². The molecule has 0 aliphatic heterocycles. The van der Waals surface area contributed by atoms with Crippen LogP contribution >= 0.6 is 0 Å². The first-order valence-corrected chi connectivity index (χ1v) is 9.41. The fourth-order valence-corrected chi connectivity index (χ4v) is 2.63. The minimum Gasteiger partial charge on any atom is -0.457 e. The second-order valence-electron chi connectivity index (χ2n) is 6.57. The maximum atomic E-state index is 12.8. The van der Waals surface area contributed by atoms with Gasteiger partial charge in [-0.25, -0.2) is 0 Å². The van der Waals surface area contributed by atoms with Crippen LogP contribution in [0.2, 0.25) is 0 Å². The van der Waals surface area contributed by atoms with Crippen molar-refractivity contribution in [2.24, 2.45) is 0 Å². The number of alkyl halides is 3. The Hall–Kier alpha value is -4.41. The summed E-state index contributed by atoms with van der Waals surface area (Å²) >= 11 is 0. The van der Waals surface area contributed by atoms with Crippen LogP contribution in [0.25, 0.3) is 0 Å². The molecule has 3 amide bonds. The van der Waals surface area contributed by atoms with Crippen LogP contribution in [0.3, 0.4) is 0 Å². The van der Waals surface area contributed by atoms with Gasteiger partial charge in [0, 0.05) is 30.4 Å². The summed E-state index contributed by atoms with van der Waals surface area (Å²) in [6, 6.07) is 12.6. The highest BCUT2D eigenvalue weighted by molar-refractivity contribution is 5.99. The molecule has 0 fully saturated rings. The van der Waals surface area contributed by atoms with Gasteiger partial charge in [-0.3, -0.25) is 30.2 Å². The van der Waals surface area contributed by atoms with Crippen LogP contribution in [-0.2, 0) is 6.18 Å². The van der Waals surface area contributed by atoms with E-state index in [4.69, 9.17) is 4.74 Å². The van der Waals surface area contributed by atoms with Gasteiger partial charge in [0.25, 0.3) is 17.7 Å². The number of aromatic nitrogens is 1. The van der Waals surface area contributed by atoms with Gasteiger partial charge in [-0.05, 0) is 48.5 Å². The van der Waals surface area contributed by atoms with Crippen molar-refractivity contribution >= 4 is 17.7 Å². The predicted octanol–water partition coefficient (Wildman–Crippen LogP) is 3.33. The molecule has 0 saturated carbocycles. The summed E-state index contributed by atoms with van der Waals surface area (Å²) < 4.78 is 44.0. The van der Waals surface area contributed by atoms with Crippen LogP contribution in [0.4, 0.5) is 13.2 Å². The van der Waals surface area contributed by atoms with E-state index in [0.717, 1.165) is 12.1 Å². The van der Waals surface area contributed by atoms with Gasteiger partial charge in [0.15, 0.2) is 0 Å². The van der Waals surface area contributed by atoms with Crippen molar-refractivity contribution in [3.8, 4) is 11.5 Å². The van der Waals surface area contributed by atoms with Gasteiger partial charge >= 0.3 is 6.18 Å². The molecule has 3 N–H and O–H groups in total. The van der Waals surface area contributed by atoms with E-state index < -0.39 is 23.6 Å². The number of hydrogen-bond acceptors (Lipinski definition) is 5. The Morgan fingerprint density at radius 2 is 1.48 bits per heavy atom. The molecule has 0 radical (unpaired) electrons. The molecule has 2 aromatic carbocycles. The Balaban J connectivity index is 1.60. The van der Waals surface area contributed by atoms with Crippen LogP contribution in [0.15, 0.2) is 66.9 Å². The van der Waals surface area contributed by atoms with E-state index in [1.54, 1.807) is 6.07 Å². The number of ether oxygens (including phenoxy) is 1. The summed E-state index contributed by atoms with van der Waals surface area (Å²) in [5.74, 6) is -1.24. The topological polar surface area (TPSA) is 109 Å². The molecule has 1 aromatic heterocycles. The molecule has 0 saturated heterocycles. The maximum absolute atomic E-state index is 12.8. The van der Waals surface area contributed by atoms with E-state index in [1.165, 1.54) is 49.6 Å². The van der Waals surface area contributed by atoms with Gasteiger partial charge < -0.3 is 10.1 Å². The van der Waals surface area contributed by atoms with Crippen LogP contribution in [0, 0.1) is 0 Å². The summed E-state index contributed by atoms with van der Waals surface area (Å²) in [5, 5.41) is 2.45. The summed E-state index contributed by atoms with van der Waals surface area (Å²) in [7, 11) is 1.48. The number of nitrogens with zero attached hydrogens (tertiary/aromatic N) is 1. The van der Waals surface area contributed by atoms with E-state index in [0.29, 0.717) is 17.6 Å². The van der Waals surface area contributed by atoms with Crippen molar-refractivity contribution < 1.29 is 32.3 Å². The lowest BCUT2D eigenvalue weighted by molar-refractivity contribution is -0.137. The molecule has 0 bridgehead atoms. The number of pyridine rings is 1. The van der Waals surface area contributed by atoms with Gasteiger partial charge in [-0.1, -0.05) is 6.07 Å². The average molecular weight is 458 g/mol. The number of benzene rings is 2. The zero-order chi connectivity index (χ0) is 24.0. The lowest BCUT2D eigenvalue weighted by Gasteiger charge is -2.11. The minimum atomic E-state index is -4.59. The van der Waals surface area contributed by atoms with Crippen molar-refractivity contribution in [1.29, 1.82) is 0 Å². The molecule has 3 rings (SSSR count). The number of hydrogen-bond donors (Lipinski definition) is 3. The summed E-state index contributed by atoms with van der Waals surface area (Å²) in [4.78, 5) is 39.9. The van der Waals surface area contributed by atoms with Crippen molar-refractivity contribution in [3.63, 3.8) is 0 Å². The molecule has 0 aliphatic carbocycles. The summed E-state index contributed by atoms with van der Waals surface area (Å²) in [6.45, 7) is 0. The Morgan fingerprint density at radius 3 is 2.12 bits per heavy atom. The molecule has 3 aromatic rings. The number of carbonyl (C=O) groups excluding carboxylic acids is 3. The van der Waals surface area contributed by atoms with Gasteiger partial charge in [0.05, 0.1) is 5.56 Å². The molecule has 0 spiro atoms. The molecule has 11 heteroatoms. The summed E-state index contributed by atoms with van der Waals surface area (Å²) in [5.41, 5.74) is 3.30. The zero-order valence-corrected chi connectivity index (χ0v) is 17.1. The number of hydrazine groups is 1. The third-order valence-corrected chi connectivity index (χ3v) is 4.28. The van der Waals surface area contributed by atoms with E-state index in [1.807, 2.05) is 0 Å². The van der Waals surface area contributed by atoms with Crippen LogP contribution in [-0.4, -0.2) is 29.8 Å². The Bertz CT molecular complexity index is 1180. The fraction of sp³-hybridized carbons (Fsp3) is 0.0909. The Kier molecular flexibility index (Phi) is 6.91. The van der Waals surface area contributed by atoms with Crippen LogP contribution in [0.5, 0.6) is 11.5 Å². The number of amides is 3. The first-order chi connectivity index (χ1) is 15.7. The van der Waals surface area contributed by atoms with Gasteiger partial charge in [-0.2, -0.15) is 13.2 Å². The molecule has 0 atom stereocenters. The van der Waals surface area contributed by atoms with Gasteiger partial charge in [-0.15, -0.1) is 0 Å². The first-order valence-electron chi connectivity index (χ1n) is 9.41. The summed E-state index contributed by atoms with van der Waals surface area (Å²) in [6.07, 6.45) is -3.18. The Labute approximate surface area is 185 Å². The van der Waals surface area contributed by atoms with E-state index >= 15 is 0 Å². The highest BCUT2D eigenvalue weighted by Crippen LogP contribution is 2.29. The first kappa shape index (κ1) is 23.3. The number of carbonyl (C=O) groups is 3. The van der Waals surface area contributed by atoms with Crippen molar-refractivity contribution in [3.05, 3.63) is 89.2 Å². The molecule has 1 heterocycles. The normalized spacial score (nSPS) is 10.8. The monoisotopic (exact) mass is 458 g/mol. The number of nitrogens with one attached hydrogen (secondary N) is 3. The van der Waals surface area contributed by atoms with Crippen molar-refractivity contribution in [1.82, 2.24) is 21.2 Å². The zero-order valence-electron chi connectivity index (χ0n) is 17.1. The number of halogens is 3. The average Bonchev–Trinajstić information content (AvgIpc) is 2.82. The second-order valence-corrected chi connectivity index (χ2v) is 6.57. The molecule has 8 nitrogen and oxygen atoms in total. The van der Waals surface area contributed by atoms with Gasteiger partial charge in [0.2, 0.25) is 0 Å². The fourth-order valence-electron chi connectivity index (χ4n) is 2.63. The molecular formula is C22H17F3N4O4. The standard InChI is InChI=1S/C22H17F3N4O4/c1-26-21(32)18-12-17(9-10-27-18)33-16-7-5-13(6-8-16)19(30)28-29-20(31)14-3-2-4-15(11-14)22(23,24)25/h2-12H,1H3,(H,26,32)(H,28,30)(H,29,31). The van der Waals surface area contributed by atoms with E-state index in [9.17, 15) is 27.6 Å². The third-order valence-electron chi connectivity index (χ3n) is 4.28. The molecular weight excluding hydrogens is 441 g/mol. The highest BCUT2D eigenvalue weighted by Gasteiger charge is 2.30. The van der Waals surface area contributed by atoms with Gasteiger partial charge in [0.1, 0.15) is 17.2 Å². The lowest BCUT2D eigenvalue weighted by atomic mass is 10.1. The second kappa shape index (κ2) is 9.81. The Morgan fingerprint density at radius 1 is 0.818 bits per heavy atom.